The van der Waals surface area contributed by atoms with Crippen molar-refractivity contribution in [2.75, 3.05) is 20.3 Å². The minimum Gasteiger partial charge on any atom is -0.493 e. The van der Waals surface area contributed by atoms with Crippen LogP contribution in [0.15, 0.2) is 53.0 Å². The molecule has 0 bridgehead atoms. The van der Waals surface area contributed by atoms with Crippen molar-refractivity contribution in [3.8, 4) is 11.5 Å². The standard InChI is InChI=1S/C22H27BrN2O4/c1-4-13-24-22(27)16(2)25(14-17-9-11-18(23)12-10-17)21(26)15-29-20-8-6-5-7-19(20)28-3/h5-12,16H,4,13-15H2,1-3H3,(H,24,27). The third-order valence-corrected chi connectivity index (χ3v) is 4.93. The first-order valence-electron chi connectivity index (χ1n) is 9.53. The van der Waals surface area contributed by atoms with Gasteiger partial charge in [0.2, 0.25) is 5.91 Å². The highest BCUT2D eigenvalue weighted by molar-refractivity contribution is 9.10. The molecule has 2 aromatic rings. The van der Waals surface area contributed by atoms with Crippen LogP contribution < -0.4 is 14.8 Å². The SMILES string of the molecule is CCCNC(=O)C(C)N(Cc1ccc(Br)cc1)C(=O)COc1ccccc1OC. The lowest BCUT2D eigenvalue weighted by atomic mass is 10.1. The maximum Gasteiger partial charge on any atom is 0.261 e. The van der Waals surface area contributed by atoms with Gasteiger partial charge in [-0.1, -0.05) is 47.1 Å². The van der Waals surface area contributed by atoms with E-state index >= 15 is 0 Å². The molecule has 0 radical (unpaired) electrons. The first-order chi connectivity index (χ1) is 14.0. The quantitative estimate of drug-likeness (QED) is 0.583. The van der Waals surface area contributed by atoms with Crippen LogP contribution in [-0.2, 0) is 16.1 Å². The van der Waals surface area contributed by atoms with Crippen LogP contribution in [0.1, 0.15) is 25.8 Å². The Bertz CT molecular complexity index is 811. The van der Waals surface area contributed by atoms with Gasteiger partial charge in [-0.25, -0.2) is 0 Å². The van der Waals surface area contributed by atoms with Gasteiger partial charge in [-0.2, -0.15) is 0 Å². The number of carbonyl (C=O) groups excluding carboxylic acids is 2. The van der Waals surface area contributed by atoms with E-state index in [9.17, 15) is 9.59 Å². The smallest absolute Gasteiger partial charge is 0.261 e. The van der Waals surface area contributed by atoms with Crippen molar-refractivity contribution in [3.05, 3.63) is 58.6 Å². The molecule has 6 nitrogen and oxygen atoms in total. The summed E-state index contributed by atoms with van der Waals surface area (Å²) in [5, 5.41) is 2.85. The van der Waals surface area contributed by atoms with E-state index in [0.29, 0.717) is 24.6 Å². The molecule has 156 valence electrons. The summed E-state index contributed by atoms with van der Waals surface area (Å²) in [6.45, 7) is 4.40. The number of methoxy groups -OCH3 is 1. The Morgan fingerprint density at radius 3 is 2.38 bits per heavy atom. The number of carbonyl (C=O) groups is 2. The fraction of sp³-hybridized carbons (Fsp3) is 0.364. The average Bonchev–Trinajstić information content (AvgIpc) is 2.75. The molecule has 7 heteroatoms. The first kappa shape index (κ1) is 22.7. The molecule has 0 heterocycles. The minimum atomic E-state index is -0.626. The van der Waals surface area contributed by atoms with E-state index in [1.54, 1.807) is 26.2 Å². The zero-order valence-corrected chi connectivity index (χ0v) is 18.6. The van der Waals surface area contributed by atoms with Crippen LogP contribution in [0.25, 0.3) is 0 Å². The molecular weight excluding hydrogens is 436 g/mol. The van der Waals surface area contributed by atoms with Gasteiger partial charge < -0.3 is 19.7 Å². The van der Waals surface area contributed by atoms with E-state index < -0.39 is 6.04 Å². The van der Waals surface area contributed by atoms with Gasteiger partial charge in [-0.3, -0.25) is 9.59 Å². The van der Waals surface area contributed by atoms with Gasteiger partial charge in [0.15, 0.2) is 18.1 Å². The lowest BCUT2D eigenvalue weighted by molar-refractivity contribution is -0.142. The minimum absolute atomic E-state index is 0.186. The van der Waals surface area contributed by atoms with Crippen molar-refractivity contribution < 1.29 is 19.1 Å². The summed E-state index contributed by atoms with van der Waals surface area (Å²) in [5.74, 6) is 0.566. The average molecular weight is 463 g/mol. The van der Waals surface area contributed by atoms with Crippen LogP contribution in [-0.4, -0.2) is 43.0 Å². The van der Waals surface area contributed by atoms with E-state index in [-0.39, 0.29) is 18.4 Å². The summed E-state index contributed by atoms with van der Waals surface area (Å²) in [6, 6.07) is 14.2. The molecule has 0 spiro atoms. The third-order valence-electron chi connectivity index (χ3n) is 4.40. The number of rotatable bonds is 10. The molecule has 0 aliphatic heterocycles. The molecule has 0 aliphatic carbocycles. The van der Waals surface area contributed by atoms with E-state index in [2.05, 4.69) is 21.2 Å². The fourth-order valence-corrected chi connectivity index (χ4v) is 2.99. The van der Waals surface area contributed by atoms with Gasteiger partial charge >= 0.3 is 0 Å². The molecule has 29 heavy (non-hydrogen) atoms. The van der Waals surface area contributed by atoms with Crippen molar-refractivity contribution in [3.63, 3.8) is 0 Å². The highest BCUT2D eigenvalue weighted by Crippen LogP contribution is 2.26. The zero-order valence-electron chi connectivity index (χ0n) is 17.0. The molecule has 0 fully saturated rings. The summed E-state index contributed by atoms with van der Waals surface area (Å²) in [4.78, 5) is 27.0. The summed E-state index contributed by atoms with van der Waals surface area (Å²) in [6.07, 6.45) is 0.829. The number of hydrogen-bond donors (Lipinski definition) is 1. The molecule has 0 saturated carbocycles. The van der Waals surface area contributed by atoms with Crippen LogP contribution in [0.4, 0.5) is 0 Å². The summed E-state index contributed by atoms with van der Waals surface area (Å²) in [5.41, 5.74) is 0.925. The maximum absolute atomic E-state index is 13.0. The second kappa shape index (κ2) is 11.5. The molecule has 2 rings (SSSR count). The van der Waals surface area contributed by atoms with Crippen molar-refractivity contribution in [2.24, 2.45) is 0 Å². The van der Waals surface area contributed by atoms with Crippen LogP contribution in [0.5, 0.6) is 11.5 Å². The Labute approximate surface area is 180 Å². The number of halogens is 1. The van der Waals surface area contributed by atoms with Crippen LogP contribution in [0.2, 0.25) is 0 Å². The largest absolute Gasteiger partial charge is 0.493 e. The fourth-order valence-electron chi connectivity index (χ4n) is 2.73. The Kier molecular flexibility index (Phi) is 8.99. The van der Waals surface area contributed by atoms with Crippen molar-refractivity contribution in [2.45, 2.75) is 32.9 Å². The number of hydrogen-bond acceptors (Lipinski definition) is 4. The van der Waals surface area contributed by atoms with Crippen molar-refractivity contribution in [1.29, 1.82) is 0 Å². The van der Waals surface area contributed by atoms with Crippen LogP contribution in [0.3, 0.4) is 0 Å². The Hall–Kier alpha value is -2.54. The van der Waals surface area contributed by atoms with E-state index in [1.165, 1.54) is 4.90 Å². The first-order valence-corrected chi connectivity index (χ1v) is 10.3. The molecule has 1 N–H and O–H groups in total. The van der Waals surface area contributed by atoms with Gasteiger partial charge in [0.05, 0.1) is 7.11 Å². The predicted octanol–water partition coefficient (Wildman–Crippen LogP) is 3.78. The summed E-state index contributed by atoms with van der Waals surface area (Å²) >= 11 is 3.41. The summed E-state index contributed by atoms with van der Waals surface area (Å²) in [7, 11) is 1.55. The van der Waals surface area contributed by atoms with Crippen LogP contribution in [0, 0.1) is 0 Å². The number of para-hydroxylation sites is 2. The molecular formula is C22H27BrN2O4. The molecule has 1 unspecified atom stereocenters. The highest BCUT2D eigenvalue weighted by Gasteiger charge is 2.26. The predicted molar refractivity (Wildman–Crippen MR) is 116 cm³/mol. The molecule has 1 atom stereocenters. The number of benzene rings is 2. The zero-order chi connectivity index (χ0) is 21.2. The Balaban J connectivity index is 2.14. The van der Waals surface area contributed by atoms with Gasteiger partial charge in [0.25, 0.3) is 5.91 Å². The maximum atomic E-state index is 13.0. The number of amides is 2. The normalized spacial score (nSPS) is 11.4. The van der Waals surface area contributed by atoms with Gasteiger partial charge in [-0.05, 0) is 43.2 Å². The number of nitrogens with one attached hydrogen (secondary N) is 1. The highest BCUT2D eigenvalue weighted by atomic mass is 79.9. The molecule has 2 aromatic carbocycles. The summed E-state index contributed by atoms with van der Waals surface area (Å²) < 4.78 is 11.9. The van der Waals surface area contributed by atoms with E-state index in [1.807, 2.05) is 43.3 Å². The van der Waals surface area contributed by atoms with Crippen LogP contribution >= 0.6 is 15.9 Å². The van der Waals surface area contributed by atoms with Crippen molar-refractivity contribution >= 4 is 27.7 Å². The number of nitrogens with zero attached hydrogens (tertiary/aromatic N) is 1. The monoisotopic (exact) mass is 462 g/mol. The third kappa shape index (κ3) is 6.78. The molecule has 0 aliphatic rings. The lowest BCUT2D eigenvalue weighted by Crippen LogP contribution is -2.49. The molecule has 0 saturated heterocycles. The van der Waals surface area contributed by atoms with E-state index in [4.69, 9.17) is 9.47 Å². The Morgan fingerprint density at radius 2 is 1.76 bits per heavy atom. The molecule has 2 amide bonds. The second-order valence-electron chi connectivity index (χ2n) is 6.55. The van der Waals surface area contributed by atoms with Gasteiger partial charge in [-0.15, -0.1) is 0 Å². The van der Waals surface area contributed by atoms with Gasteiger partial charge in [0.1, 0.15) is 6.04 Å². The number of ether oxygens (including phenoxy) is 2. The topological polar surface area (TPSA) is 67.9 Å². The second-order valence-corrected chi connectivity index (χ2v) is 7.47. The molecule has 0 aromatic heterocycles. The van der Waals surface area contributed by atoms with Gasteiger partial charge in [0, 0.05) is 17.6 Å². The Morgan fingerprint density at radius 1 is 1.10 bits per heavy atom. The lowest BCUT2D eigenvalue weighted by Gasteiger charge is -2.28. The van der Waals surface area contributed by atoms with E-state index in [0.717, 1.165) is 16.5 Å². The van der Waals surface area contributed by atoms with Crippen molar-refractivity contribution in [1.82, 2.24) is 10.2 Å².